The van der Waals surface area contributed by atoms with Gasteiger partial charge in [0.25, 0.3) is 10.0 Å². The van der Waals surface area contributed by atoms with E-state index in [0.29, 0.717) is 5.01 Å². The van der Waals surface area contributed by atoms with Crippen molar-refractivity contribution in [2.24, 2.45) is 0 Å². The maximum atomic E-state index is 12.1. The van der Waals surface area contributed by atoms with Crippen LogP contribution in [-0.2, 0) is 21.2 Å². The number of hydrogen-bond donors (Lipinski definition) is 2. The number of hydrogen-bond acceptors (Lipinski definition) is 6. The molecular formula is C14H15N3O4S2. The van der Waals surface area contributed by atoms with Crippen molar-refractivity contribution >= 4 is 33.1 Å². The molecule has 0 bridgehead atoms. The average molecular weight is 353 g/mol. The van der Waals surface area contributed by atoms with E-state index in [1.807, 2.05) is 11.8 Å². The molecule has 0 unspecified atom stereocenters. The summed E-state index contributed by atoms with van der Waals surface area (Å²) in [5, 5.41) is 2.40. The van der Waals surface area contributed by atoms with Gasteiger partial charge in [-0.05, 0) is 26.0 Å². The number of thiazole rings is 1. The van der Waals surface area contributed by atoms with Gasteiger partial charge >= 0.3 is 0 Å². The number of carbonyl (C=O) groups is 2. The number of amides is 1. The zero-order valence-corrected chi connectivity index (χ0v) is 14.1. The average Bonchev–Trinajstić information content (AvgIpc) is 2.90. The van der Waals surface area contributed by atoms with Gasteiger partial charge in [0.2, 0.25) is 5.91 Å². The predicted octanol–water partition coefficient (Wildman–Crippen LogP) is 1.21. The third-order valence-electron chi connectivity index (χ3n) is 2.85. The van der Waals surface area contributed by atoms with Crippen LogP contribution in [0.5, 0.6) is 0 Å². The maximum absolute atomic E-state index is 12.1. The molecule has 23 heavy (non-hydrogen) atoms. The highest BCUT2D eigenvalue weighted by molar-refractivity contribution is 7.89. The minimum absolute atomic E-state index is 0.0193. The largest absolute Gasteiger partial charge is 0.295 e. The molecule has 2 rings (SSSR count). The van der Waals surface area contributed by atoms with E-state index < -0.39 is 15.9 Å². The summed E-state index contributed by atoms with van der Waals surface area (Å²) in [6.07, 6.45) is -0.0193. The van der Waals surface area contributed by atoms with Crippen molar-refractivity contribution in [3.8, 4) is 0 Å². The molecule has 0 aliphatic rings. The van der Waals surface area contributed by atoms with E-state index in [-0.39, 0.29) is 22.7 Å². The highest BCUT2D eigenvalue weighted by Crippen LogP contribution is 2.12. The van der Waals surface area contributed by atoms with Gasteiger partial charge in [-0.1, -0.05) is 12.1 Å². The molecule has 0 aliphatic carbocycles. The van der Waals surface area contributed by atoms with Crippen molar-refractivity contribution in [1.29, 1.82) is 0 Å². The number of aryl methyl sites for hydroxylation is 1. The van der Waals surface area contributed by atoms with Crippen LogP contribution in [0.25, 0.3) is 0 Å². The third-order valence-corrected chi connectivity index (χ3v) is 5.07. The summed E-state index contributed by atoms with van der Waals surface area (Å²) < 4.78 is 24.2. The maximum Gasteiger partial charge on any atom is 0.257 e. The van der Waals surface area contributed by atoms with Crippen LogP contribution in [0, 0.1) is 6.92 Å². The molecule has 1 aromatic heterocycles. The summed E-state index contributed by atoms with van der Waals surface area (Å²) in [5.74, 6) is -0.768. The predicted molar refractivity (Wildman–Crippen MR) is 85.5 cm³/mol. The normalized spacial score (nSPS) is 11.2. The van der Waals surface area contributed by atoms with Gasteiger partial charge in [0.05, 0.1) is 11.3 Å². The van der Waals surface area contributed by atoms with E-state index >= 15 is 0 Å². The van der Waals surface area contributed by atoms with Crippen molar-refractivity contribution in [1.82, 2.24) is 15.2 Å². The summed E-state index contributed by atoms with van der Waals surface area (Å²) in [7, 11) is -3.95. The van der Waals surface area contributed by atoms with E-state index in [4.69, 9.17) is 0 Å². The molecule has 0 saturated heterocycles. The fraction of sp³-hybridized carbons (Fsp3) is 0.214. The Labute approximate surface area is 137 Å². The van der Waals surface area contributed by atoms with E-state index in [2.05, 4.69) is 10.4 Å². The molecule has 1 heterocycles. The first-order valence-electron chi connectivity index (χ1n) is 6.60. The summed E-state index contributed by atoms with van der Waals surface area (Å²) in [5.41, 5.74) is 3.21. The summed E-state index contributed by atoms with van der Waals surface area (Å²) in [6, 6.07) is 5.57. The molecule has 7 nitrogen and oxygen atoms in total. The lowest BCUT2D eigenvalue weighted by atomic mass is 10.2. The second-order valence-corrected chi connectivity index (χ2v) is 7.42. The summed E-state index contributed by atoms with van der Waals surface area (Å²) in [4.78, 5) is 29.1. The van der Waals surface area contributed by atoms with Crippen molar-refractivity contribution in [3.05, 3.63) is 45.9 Å². The third kappa shape index (κ3) is 4.68. The highest BCUT2D eigenvalue weighted by Gasteiger charge is 2.17. The van der Waals surface area contributed by atoms with Crippen LogP contribution in [0.1, 0.15) is 28.0 Å². The number of nitrogens with zero attached hydrogens (tertiary/aromatic N) is 1. The number of hydrazine groups is 1. The van der Waals surface area contributed by atoms with Crippen LogP contribution in [-0.4, -0.2) is 25.1 Å². The molecule has 2 aromatic rings. The van der Waals surface area contributed by atoms with Crippen LogP contribution in [0.3, 0.4) is 0 Å². The van der Waals surface area contributed by atoms with Crippen molar-refractivity contribution in [2.45, 2.75) is 25.2 Å². The molecule has 0 saturated carbocycles. The number of Topliss-reactive ketones (excluding diaryl/α,β-unsaturated/α-hetero) is 1. The number of benzene rings is 1. The lowest BCUT2D eigenvalue weighted by molar-refractivity contribution is -0.120. The zero-order valence-electron chi connectivity index (χ0n) is 12.5. The Morgan fingerprint density at radius 1 is 1.30 bits per heavy atom. The SMILES string of the molecule is CC(=O)c1cccc(S(=O)(=O)NNC(=O)Cc2nc(C)cs2)c1. The highest BCUT2D eigenvalue weighted by atomic mass is 32.2. The Bertz CT molecular complexity index is 843. The molecule has 9 heteroatoms. The fourth-order valence-electron chi connectivity index (χ4n) is 1.73. The molecule has 122 valence electrons. The fourth-order valence-corrected chi connectivity index (χ4v) is 3.41. The lowest BCUT2D eigenvalue weighted by Crippen LogP contribution is -2.42. The van der Waals surface area contributed by atoms with Gasteiger partial charge in [0.1, 0.15) is 5.01 Å². The van der Waals surface area contributed by atoms with E-state index in [9.17, 15) is 18.0 Å². The number of ketones is 1. The monoisotopic (exact) mass is 353 g/mol. The number of sulfonamides is 1. The second kappa shape index (κ2) is 6.99. The van der Waals surface area contributed by atoms with Gasteiger partial charge in [-0.3, -0.25) is 15.0 Å². The minimum Gasteiger partial charge on any atom is -0.295 e. The van der Waals surface area contributed by atoms with Gasteiger partial charge in [-0.25, -0.2) is 13.4 Å². The van der Waals surface area contributed by atoms with Crippen LogP contribution in [0.15, 0.2) is 34.5 Å². The Balaban J connectivity index is 2.02. The number of nitrogens with one attached hydrogen (secondary N) is 2. The topological polar surface area (TPSA) is 105 Å². The smallest absolute Gasteiger partial charge is 0.257 e. The van der Waals surface area contributed by atoms with Gasteiger partial charge in [0, 0.05) is 16.6 Å². The zero-order chi connectivity index (χ0) is 17.0. The lowest BCUT2D eigenvalue weighted by Gasteiger charge is -2.08. The Kier molecular flexibility index (Phi) is 5.24. The molecule has 0 atom stereocenters. The minimum atomic E-state index is -3.95. The summed E-state index contributed by atoms with van der Waals surface area (Å²) >= 11 is 1.33. The Hall–Kier alpha value is -2.10. The Morgan fingerprint density at radius 3 is 2.65 bits per heavy atom. The first-order chi connectivity index (χ1) is 10.8. The van der Waals surface area contributed by atoms with Crippen molar-refractivity contribution in [3.63, 3.8) is 0 Å². The molecule has 0 fully saturated rings. The number of carbonyl (C=O) groups excluding carboxylic acids is 2. The van der Waals surface area contributed by atoms with E-state index in [1.54, 1.807) is 5.38 Å². The van der Waals surface area contributed by atoms with E-state index in [1.165, 1.54) is 42.5 Å². The molecule has 0 aliphatic heterocycles. The van der Waals surface area contributed by atoms with Crippen LogP contribution >= 0.6 is 11.3 Å². The number of rotatable bonds is 6. The molecule has 0 spiro atoms. The number of aromatic nitrogens is 1. The summed E-state index contributed by atoms with van der Waals surface area (Å²) in [6.45, 7) is 3.15. The van der Waals surface area contributed by atoms with Gasteiger partial charge in [-0.2, -0.15) is 0 Å². The first kappa shape index (κ1) is 17.3. The molecule has 2 N–H and O–H groups in total. The molecule has 1 amide bonds. The van der Waals surface area contributed by atoms with Gasteiger partial charge in [-0.15, -0.1) is 16.2 Å². The molecule has 1 aromatic carbocycles. The molecular weight excluding hydrogens is 338 g/mol. The van der Waals surface area contributed by atoms with Crippen LogP contribution in [0.4, 0.5) is 0 Å². The Morgan fingerprint density at radius 2 is 2.04 bits per heavy atom. The van der Waals surface area contributed by atoms with Crippen LogP contribution in [0.2, 0.25) is 0 Å². The first-order valence-corrected chi connectivity index (χ1v) is 8.97. The quantitative estimate of drug-likeness (QED) is 0.600. The van der Waals surface area contributed by atoms with Crippen molar-refractivity contribution in [2.75, 3.05) is 0 Å². The second-order valence-electron chi connectivity index (χ2n) is 4.80. The molecule has 0 radical (unpaired) electrons. The van der Waals surface area contributed by atoms with Crippen molar-refractivity contribution < 1.29 is 18.0 Å². The van der Waals surface area contributed by atoms with Crippen LogP contribution < -0.4 is 10.3 Å². The van der Waals surface area contributed by atoms with E-state index in [0.717, 1.165) is 5.69 Å². The van der Waals surface area contributed by atoms with Gasteiger partial charge in [0.15, 0.2) is 5.78 Å². The standard InChI is InChI=1S/C14H15N3O4S2/c1-9-8-22-14(15-9)7-13(19)16-17-23(20,21)12-5-3-4-11(6-12)10(2)18/h3-6,8,17H,7H2,1-2H3,(H,16,19). The van der Waals surface area contributed by atoms with Gasteiger partial charge < -0.3 is 0 Å².